The summed E-state index contributed by atoms with van der Waals surface area (Å²) in [5.74, 6) is 0.828. The van der Waals surface area contributed by atoms with Crippen molar-refractivity contribution in [3.8, 4) is 0 Å². The van der Waals surface area contributed by atoms with Crippen molar-refractivity contribution < 1.29 is 4.74 Å². The quantitative estimate of drug-likeness (QED) is 0.688. The summed E-state index contributed by atoms with van der Waals surface area (Å²) in [5.41, 5.74) is 1.61. The van der Waals surface area contributed by atoms with Crippen molar-refractivity contribution in [3.63, 3.8) is 0 Å². The first kappa shape index (κ1) is 16.2. The fraction of sp³-hybridized carbons (Fsp3) is 0.455. The highest BCUT2D eigenvalue weighted by Crippen LogP contribution is 2.55. The van der Waals surface area contributed by atoms with E-state index in [0.29, 0.717) is 11.4 Å². The van der Waals surface area contributed by atoms with Crippen molar-refractivity contribution in [3.05, 3.63) is 66.2 Å². The molecule has 0 N–H and O–H groups in total. The fourth-order valence-electron chi connectivity index (χ4n) is 4.36. The summed E-state index contributed by atoms with van der Waals surface area (Å²) in [7, 11) is 0. The summed E-state index contributed by atoms with van der Waals surface area (Å²) in [6, 6.07) is 21.7. The third kappa shape index (κ3) is 3.41. The van der Waals surface area contributed by atoms with Crippen molar-refractivity contribution in [2.75, 3.05) is 0 Å². The standard InChI is InChI=1S/C22H26OS/c1-17-14-21(24-20-10-6-3-7-11-20)22(23-17)15-19(16-22)13-12-18-8-4-2-5-9-18/h2-11,17,19,21H,12-16H2,1H3/t17-,19?,21-,22?/m0/s1. The molecule has 2 aliphatic rings. The fourth-order valence-corrected chi connectivity index (χ4v) is 5.83. The Morgan fingerprint density at radius 1 is 1.00 bits per heavy atom. The van der Waals surface area contributed by atoms with Gasteiger partial charge in [-0.05, 0) is 62.6 Å². The van der Waals surface area contributed by atoms with Gasteiger partial charge in [0.1, 0.15) is 0 Å². The van der Waals surface area contributed by atoms with Gasteiger partial charge in [0.05, 0.1) is 11.7 Å². The average Bonchev–Trinajstić information content (AvgIpc) is 2.90. The van der Waals surface area contributed by atoms with Crippen LogP contribution < -0.4 is 0 Å². The Bertz CT molecular complexity index is 648. The third-order valence-corrected chi connectivity index (χ3v) is 6.99. The second-order valence-electron chi connectivity index (χ2n) is 7.45. The van der Waals surface area contributed by atoms with E-state index in [-0.39, 0.29) is 5.60 Å². The number of benzene rings is 2. The molecule has 1 spiro atoms. The highest BCUT2D eigenvalue weighted by atomic mass is 32.2. The van der Waals surface area contributed by atoms with E-state index in [1.54, 1.807) is 0 Å². The first-order chi connectivity index (χ1) is 11.7. The summed E-state index contributed by atoms with van der Waals surface area (Å²) < 4.78 is 6.43. The normalized spacial score (nSPS) is 32.0. The molecule has 0 amide bonds. The molecule has 24 heavy (non-hydrogen) atoms. The van der Waals surface area contributed by atoms with Crippen LogP contribution >= 0.6 is 11.8 Å². The Kier molecular flexibility index (Phi) is 4.69. The van der Waals surface area contributed by atoms with E-state index >= 15 is 0 Å². The van der Waals surface area contributed by atoms with E-state index in [0.717, 1.165) is 5.92 Å². The van der Waals surface area contributed by atoms with Crippen LogP contribution in [0.3, 0.4) is 0 Å². The third-order valence-electron chi connectivity index (χ3n) is 5.54. The Labute approximate surface area is 149 Å². The Hall–Kier alpha value is -1.25. The van der Waals surface area contributed by atoms with Crippen molar-refractivity contribution in [1.29, 1.82) is 0 Å². The van der Waals surface area contributed by atoms with Crippen LogP contribution in [-0.2, 0) is 11.2 Å². The maximum Gasteiger partial charge on any atom is 0.0813 e. The molecule has 1 nitrogen and oxygen atoms in total. The van der Waals surface area contributed by atoms with Crippen LogP contribution in [0.25, 0.3) is 0 Å². The van der Waals surface area contributed by atoms with E-state index < -0.39 is 0 Å². The predicted molar refractivity (Wildman–Crippen MR) is 101 cm³/mol. The Morgan fingerprint density at radius 3 is 2.38 bits per heavy atom. The minimum absolute atomic E-state index is 0.140. The maximum atomic E-state index is 6.43. The summed E-state index contributed by atoms with van der Waals surface area (Å²) in [5, 5.41) is 0.614. The number of hydrogen-bond donors (Lipinski definition) is 0. The van der Waals surface area contributed by atoms with E-state index in [9.17, 15) is 0 Å². The molecule has 0 unspecified atom stereocenters. The monoisotopic (exact) mass is 338 g/mol. The Morgan fingerprint density at radius 2 is 1.67 bits per heavy atom. The summed E-state index contributed by atoms with van der Waals surface area (Å²) >= 11 is 2.03. The van der Waals surface area contributed by atoms with Crippen LogP contribution in [0.2, 0.25) is 0 Å². The molecule has 0 aromatic heterocycles. The summed E-state index contributed by atoms with van der Waals surface area (Å²) in [6.45, 7) is 2.24. The molecule has 0 radical (unpaired) electrons. The highest BCUT2D eigenvalue weighted by molar-refractivity contribution is 8.00. The molecular weight excluding hydrogens is 312 g/mol. The SMILES string of the molecule is C[C@H]1C[C@H](Sc2ccccc2)C2(CC(CCc3ccccc3)C2)O1. The van der Waals surface area contributed by atoms with E-state index in [1.165, 1.54) is 42.6 Å². The van der Waals surface area contributed by atoms with Gasteiger partial charge >= 0.3 is 0 Å². The largest absolute Gasteiger partial charge is 0.371 e. The Balaban J connectivity index is 1.35. The number of thioether (sulfide) groups is 1. The zero-order valence-corrected chi connectivity index (χ0v) is 15.2. The molecule has 4 rings (SSSR count). The second kappa shape index (κ2) is 6.93. The second-order valence-corrected chi connectivity index (χ2v) is 8.72. The molecule has 1 saturated heterocycles. The van der Waals surface area contributed by atoms with Gasteiger partial charge in [-0.1, -0.05) is 48.5 Å². The number of hydrogen-bond acceptors (Lipinski definition) is 2. The first-order valence-electron chi connectivity index (χ1n) is 9.17. The summed E-state index contributed by atoms with van der Waals surface area (Å²) in [4.78, 5) is 1.38. The first-order valence-corrected chi connectivity index (χ1v) is 10.0. The molecule has 1 heterocycles. The predicted octanol–water partition coefficient (Wildman–Crippen LogP) is 5.74. The lowest BCUT2D eigenvalue weighted by atomic mass is 9.67. The lowest BCUT2D eigenvalue weighted by molar-refractivity contribution is -0.113. The van der Waals surface area contributed by atoms with Crippen LogP contribution in [-0.4, -0.2) is 17.0 Å². The number of aryl methyl sites for hydroxylation is 1. The number of rotatable bonds is 5. The minimum atomic E-state index is 0.140. The van der Waals surface area contributed by atoms with Crippen LogP contribution in [0.15, 0.2) is 65.6 Å². The van der Waals surface area contributed by atoms with Gasteiger partial charge in [-0.3, -0.25) is 0 Å². The van der Waals surface area contributed by atoms with Gasteiger partial charge in [0.15, 0.2) is 0 Å². The molecular formula is C22H26OS. The van der Waals surface area contributed by atoms with Crippen molar-refractivity contribution in [2.24, 2.45) is 5.92 Å². The van der Waals surface area contributed by atoms with E-state index in [4.69, 9.17) is 4.74 Å². The van der Waals surface area contributed by atoms with Crippen molar-refractivity contribution in [1.82, 2.24) is 0 Å². The molecule has 1 aliphatic heterocycles. The van der Waals surface area contributed by atoms with Gasteiger partial charge in [-0.2, -0.15) is 0 Å². The molecule has 0 bridgehead atoms. The van der Waals surface area contributed by atoms with Crippen molar-refractivity contribution >= 4 is 11.8 Å². The molecule has 2 atom stereocenters. The van der Waals surface area contributed by atoms with Gasteiger partial charge in [0.2, 0.25) is 0 Å². The van der Waals surface area contributed by atoms with Gasteiger partial charge < -0.3 is 4.74 Å². The topological polar surface area (TPSA) is 9.23 Å². The molecule has 2 aromatic rings. The average molecular weight is 339 g/mol. The molecule has 2 fully saturated rings. The summed E-state index contributed by atoms with van der Waals surface area (Å²) in [6.07, 6.45) is 6.58. The van der Waals surface area contributed by atoms with E-state index in [1.807, 2.05) is 11.8 Å². The van der Waals surface area contributed by atoms with Crippen LogP contribution in [0.4, 0.5) is 0 Å². The highest BCUT2D eigenvalue weighted by Gasteiger charge is 2.55. The van der Waals surface area contributed by atoms with Gasteiger partial charge in [-0.15, -0.1) is 11.8 Å². The van der Waals surface area contributed by atoms with Crippen LogP contribution in [0, 0.1) is 5.92 Å². The lowest BCUT2D eigenvalue weighted by Gasteiger charge is -2.48. The van der Waals surface area contributed by atoms with E-state index in [2.05, 4.69) is 67.6 Å². The minimum Gasteiger partial charge on any atom is -0.371 e. The van der Waals surface area contributed by atoms with Crippen molar-refractivity contribution in [2.45, 2.75) is 60.9 Å². The van der Waals surface area contributed by atoms with Gasteiger partial charge in [-0.25, -0.2) is 0 Å². The van der Waals surface area contributed by atoms with Crippen LogP contribution in [0.5, 0.6) is 0 Å². The maximum absolute atomic E-state index is 6.43. The van der Waals surface area contributed by atoms with Gasteiger partial charge in [0, 0.05) is 10.1 Å². The zero-order chi connectivity index (χ0) is 16.4. The lowest BCUT2D eigenvalue weighted by Crippen LogP contribution is -2.50. The zero-order valence-electron chi connectivity index (χ0n) is 14.4. The molecule has 2 aromatic carbocycles. The number of ether oxygens (including phenoxy) is 1. The smallest absolute Gasteiger partial charge is 0.0813 e. The molecule has 1 saturated carbocycles. The molecule has 1 aliphatic carbocycles. The molecule has 126 valence electrons. The van der Waals surface area contributed by atoms with Crippen LogP contribution in [0.1, 0.15) is 38.2 Å². The molecule has 2 heteroatoms. The van der Waals surface area contributed by atoms with Gasteiger partial charge in [0.25, 0.3) is 0 Å².